The summed E-state index contributed by atoms with van der Waals surface area (Å²) in [5, 5.41) is 16.6. The second-order valence-corrected chi connectivity index (χ2v) is 5.26. The molecule has 2 heterocycles. The number of nitro benzene ring substituents is 1. The van der Waals surface area contributed by atoms with Gasteiger partial charge in [0.2, 0.25) is 0 Å². The summed E-state index contributed by atoms with van der Waals surface area (Å²) in [6, 6.07) is 6.49. The molecule has 0 spiro atoms. The van der Waals surface area contributed by atoms with E-state index in [-0.39, 0.29) is 5.69 Å². The zero-order chi connectivity index (χ0) is 13.9. The number of amidine groups is 1. The summed E-state index contributed by atoms with van der Waals surface area (Å²) in [6.07, 6.45) is 2.02. The van der Waals surface area contributed by atoms with E-state index in [1.54, 1.807) is 6.07 Å². The van der Waals surface area contributed by atoms with Crippen LogP contribution in [-0.2, 0) is 0 Å². The molecule has 0 fully saturated rings. The lowest BCUT2D eigenvalue weighted by molar-refractivity contribution is -0.384. The minimum Gasteiger partial charge on any atom is -0.320 e. The number of hydrogen-bond donors (Lipinski definition) is 1. The lowest BCUT2D eigenvalue weighted by Crippen LogP contribution is -2.07. The molecule has 1 N–H and O–H groups in total. The Bertz CT molecular complexity index is 681. The molecule has 2 aromatic rings. The number of non-ortho nitro benzene ring substituents is 1. The predicted molar refractivity (Wildman–Crippen MR) is 79.4 cm³/mol. The van der Waals surface area contributed by atoms with Crippen molar-refractivity contribution in [3.05, 3.63) is 39.8 Å². The molecule has 1 aromatic carbocycles. The molecule has 0 radical (unpaired) electrons. The van der Waals surface area contributed by atoms with Gasteiger partial charge in [-0.25, -0.2) is 4.98 Å². The van der Waals surface area contributed by atoms with Gasteiger partial charge in [-0.2, -0.15) is 0 Å². The highest BCUT2D eigenvalue weighted by Crippen LogP contribution is 2.27. The van der Waals surface area contributed by atoms with E-state index in [0.717, 1.165) is 41.6 Å². The third-order valence-electron chi connectivity index (χ3n) is 2.98. The average molecular weight is 288 g/mol. The number of thiazole rings is 1. The van der Waals surface area contributed by atoms with Crippen LogP contribution in [0.4, 0.5) is 10.8 Å². The van der Waals surface area contributed by atoms with E-state index in [2.05, 4.69) is 15.3 Å². The minimum atomic E-state index is -0.401. The molecule has 1 aromatic heterocycles. The van der Waals surface area contributed by atoms with Crippen LogP contribution in [-0.4, -0.2) is 22.3 Å². The molecule has 7 heteroatoms. The minimum absolute atomic E-state index is 0.0742. The Morgan fingerprint density at radius 2 is 2.30 bits per heavy atom. The zero-order valence-corrected chi connectivity index (χ0v) is 11.4. The first-order valence-electron chi connectivity index (χ1n) is 6.23. The smallest absolute Gasteiger partial charge is 0.270 e. The summed E-state index contributed by atoms with van der Waals surface area (Å²) < 4.78 is 0. The average Bonchev–Trinajstić information content (AvgIpc) is 3.11. The van der Waals surface area contributed by atoms with Crippen LogP contribution in [0.1, 0.15) is 12.8 Å². The number of hydrogen-bond acceptors (Lipinski definition) is 6. The predicted octanol–water partition coefficient (Wildman–Crippen LogP) is 3.32. The number of rotatable bonds is 3. The molecule has 102 valence electrons. The lowest BCUT2D eigenvalue weighted by atomic mass is 10.1. The SMILES string of the molecule is O=[N+]([O-])c1cccc(-c2csc(NC3=NCCC3)n2)c1. The van der Waals surface area contributed by atoms with Gasteiger partial charge in [-0.05, 0) is 6.42 Å². The van der Waals surface area contributed by atoms with Crippen LogP contribution in [0.3, 0.4) is 0 Å². The Balaban J connectivity index is 1.82. The second kappa shape index (κ2) is 5.38. The molecule has 0 amide bonds. The quantitative estimate of drug-likeness (QED) is 0.694. The van der Waals surface area contributed by atoms with E-state index < -0.39 is 4.92 Å². The molecule has 1 aliphatic rings. The number of aromatic nitrogens is 1. The lowest BCUT2D eigenvalue weighted by Gasteiger charge is -2.00. The van der Waals surface area contributed by atoms with Gasteiger partial charge >= 0.3 is 0 Å². The molecule has 6 nitrogen and oxygen atoms in total. The standard InChI is InChI=1S/C13H12N4O2S/c18-17(19)10-4-1-3-9(7-10)11-8-20-13(15-11)16-12-5-2-6-14-12/h1,3-4,7-8H,2,5-6H2,(H,14,15,16). The Morgan fingerprint density at radius 3 is 3.05 bits per heavy atom. The molecule has 20 heavy (non-hydrogen) atoms. The molecule has 0 saturated heterocycles. The fourth-order valence-electron chi connectivity index (χ4n) is 2.01. The zero-order valence-electron chi connectivity index (χ0n) is 10.6. The third kappa shape index (κ3) is 2.67. The van der Waals surface area contributed by atoms with E-state index in [4.69, 9.17) is 0 Å². The van der Waals surface area contributed by atoms with Gasteiger partial charge in [0.15, 0.2) is 5.13 Å². The topological polar surface area (TPSA) is 80.4 Å². The van der Waals surface area contributed by atoms with Crippen molar-refractivity contribution in [1.82, 2.24) is 4.98 Å². The Labute approximate surface area is 119 Å². The number of nitrogens with zero attached hydrogens (tertiary/aromatic N) is 3. The first-order chi connectivity index (χ1) is 9.72. The second-order valence-electron chi connectivity index (χ2n) is 4.40. The summed E-state index contributed by atoms with van der Waals surface area (Å²) in [4.78, 5) is 19.2. The van der Waals surface area contributed by atoms with Crippen LogP contribution in [0, 0.1) is 10.1 Å². The number of benzene rings is 1. The van der Waals surface area contributed by atoms with Crippen LogP contribution >= 0.6 is 11.3 Å². The number of anilines is 1. The molecular weight excluding hydrogens is 276 g/mol. The van der Waals surface area contributed by atoms with Gasteiger partial charge in [-0.1, -0.05) is 12.1 Å². The molecule has 0 unspecified atom stereocenters. The monoisotopic (exact) mass is 288 g/mol. The van der Waals surface area contributed by atoms with Crippen LogP contribution in [0.25, 0.3) is 11.3 Å². The molecule has 0 aliphatic carbocycles. The van der Waals surface area contributed by atoms with Crippen molar-refractivity contribution >= 4 is 28.0 Å². The number of nitro groups is 1. The van der Waals surface area contributed by atoms with E-state index in [9.17, 15) is 10.1 Å². The van der Waals surface area contributed by atoms with Gasteiger partial charge in [0.1, 0.15) is 5.84 Å². The highest BCUT2D eigenvalue weighted by atomic mass is 32.1. The maximum atomic E-state index is 10.8. The van der Waals surface area contributed by atoms with Crippen LogP contribution in [0.15, 0.2) is 34.6 Å². The molecule has 0 saturated carbocycles. The molecule has 3 rings (SSSR count). The van der Waals surface area contributed by atoms with Crippen molar-refractivity contribution in [2.24, 2.45) is 4.99 Å². The number of nitrogens with one attached hydrogen (secondary N) is 1. The van der Waals surface area contributed by atoms with Gasteiger partial charge in [0, 0.05) is 36.0 Å². The van der Waals surface area contributed by atoms with Crippen molar-refractivity contribution < 1.29 is 4.92 Å². The first kappa shape index (κ1) is 12.7. The number of aliphatic imine (C=N–C) groups is 1. The normalized spacial score (nSPS) is 14.1. The van der Waals surface area contributed by atoms with Gasteiger partial charge < -0.3 is 5.32 Å². The Hall–Kier alpha value is -2.28. The van der Waals surface area contributed by atoms with Crippen molar-refractivity contribution in [2.45, 2.75) is 12.8 Å². The molecule has 0 atom stereocenters. The van der Waals surface area contributed by atoms with Crippen LogP contribution in [0.5, 0.6) is 0 Å². The molecule has 0 bridgehead atoms. The van der Waals surface area contributed by atoms with Crippen molar-refractivity contribution in [2.75, 3.05) is 11.9 Å². The van der Waals surface area contributed by atoms with E-state index in [0.29, 0.717) is 0 Å². The van der Waals surface area contributed by atoms with E-state index in [1.807, 2.05) is 11.4 Å². The molecule has 1 aliphatic heterocycles. The summed E-state index contributed by atoms with van der Waals surface area (Å²) >= 11 is 1.47. The Kier molecular flexibility index (Phi) is 3.42. The highest BCUT2D eigenvalue weighted by molar-refractivity contribution is 7.14. The van der Waals surface area contributed by atoms with Crippen LogP contribution < -0.4 is 5.32 Å². The maximum absolute atomic E-state index is 10.8. The third-order valence-corrected chi connectivity index (χ3v) is 3.74. The first-order valence-corrected chi connectivity index (χ1v) is 7.11. The Morgan fingerprint density at radius 1 is 1.40 bits per heavy atom. The van der Waals surface area contributed by atoms with E-state index in [1.165, 1.54) is 23.5 Å². The summed E-state index contributed by atoms with van der Waals surface area (Å²) in [5.41, 5.74) is 1.56. The summed E-state index contributed by atoms with van der Waals surface area (Å²) in [7, 11) is 0. The maximum Gasteiger partial charge on any atom is 0.270 e. The van der Waals surface area contributed by atoms with Crippen molar-refractivity contribution in [3.8, 4) is 11.3 Å². The largest absolute Gasteiger partial charge is 0.320 e. The molecular formula is C13H12N4O2S. The highest BCUT2D eigenvalue weighted by Gasteiger charge is 2.12. The van der Waals surface area contributed by atoms with Gasteiger partial charge in [0.25, 0.3) is 5.69 Å². The van der Waals surface area contributed by atoms with Gasteiger partial charge in [0.05, 0.1) is 10.6 Å². The van der Waals surface area contributed by atoms with Crippen molar-refractivity contribution in [3.63, 3.8) is 0 Å². The van der Waals surface area contributed by atoms with Gasteiger partial charge in [-0.3, -0.25) is 15.1 Å². The van der Waals surface area contributed by atoms with Gasteiger partial charge in [-0.15, -0.1) is 11.3 Å². The van der Waals surface area contributed by atoms with Crippen molar-refractivity contribution in [1.29, 1.82) is 0 Å². The van der Waals surface area contributed by atoms with E-state index >= 15 is 0 Å². The fraction of sp³-hybridized carbons (Fsp3) is 0.231. The summed E-state index contributed by atoms with van der Waals surface area (Å²) in [6.45, 7) is 0.867. The fourth-order valence-corrected chi connectivity index (χ4v) is 2.75. The van der Waals surface area contributed by atoms with Crippen LogP contribution in [0.2, 0.25) is 0 Å². The summed E-state index contributed by atoms with van der Waals surface area (Å²) in [5.74, 6) is 0.963.